The lowest BCUT2D eigenvalue weighted by atomic mass is 10.1. The second kappa shape index (κ2) is 4.76. The second-order valence-corrected chi connectivity index (χ2v) is 6.81. The normalized spacial score (nSPS) is 12.2. The molecule has 7 nitrogen and oxygen atoms in total. The van der Waals surface area contributed by atoms with Crippen molar-refractivity contribution < 1.29 is 18.1 Å². The van der Waals surface area contributed by atoms with Crippen molar-refractivity contribution >= 4 is 43.0 Å². The molecular weight excluding hydrogens is 332 g/mol. The zero-order chi connectivity index (χ0) is 17.1. The number of phenols is 1. The van der Waals surface area contributed by atoms with Gasteiger partial charge in [0, 0.05) is 16.8 Å². The van der Waals surface area contributed by atoms with E-state index in [1.807, 2.05) is 0 Å². The van der Waals surface area contributed by atoms with Gasteiger partial charge in [-0.05, 0) is 36.4 Å². The predicted molar refractivity (Wildman–Crippen MR) is 88.9 cm³/mol. The van der Waals surface area contributed by atoms with Crippen LogP contribution in [0.15, 0.2) is 52.2 Å². The Morgan fingerprint density at radius 1 is 0.958 bits per heavy atom. The van der Waals surface area contributed by atoms with Crippen LogP contribution in [0.25, 0.3) is 32.8 Å². The van der Waals surface area contributed by atoms with Crippen molar-refractivity contribution in [2.75, 3.05) is 0 Å². The highest BCUT2D eigenvalue weighted by Crippen LogP contribution is 2.31. The molecule has 0 radical (unpaired) electrons. The molecule has 0 fully saturated rings. The summed E-state index contributed by atoms with van der Waals surface area (Å²) in [5.41, 5.74) is 1.53. The van der Waals surface area contributed by atoms with E-state index in [1.54, 1.807) is 0 Å². The Hall–Kier alpha value is -2.97. The average molecular weight is 342 g/mol. The highest BCUT2D eigenvalue weighted by molar-refractivity contribution is 7.85. The van der Waals surface area contributed by atoms with Gasteiger partial charge in [-0.1, -0.05) is 0 Å². The quantitative estimate of drug-likeness (QED) is 0.277. The number of H-pyrrole nitrogens is 1. The van der Waals surface area contributed by atoms with Crippen molar-refractivity contribution in [3.05, 3.63) is 52.7 Å². The lowest BCUT2D eigenvalue weighted by Gasteiger charge is -2.08. The van der Waals surface area contributed by atoms with Crippen molar-refractivity contribution in [1.29, 1.82) is 0 Å². The molecule has 0 aliphatic heterocycles. The molecular formula is C16H10N2O5S. The first-order chi connectivity index (χ1) is 11.3. The number of hydrogen-bond donors (Lipinski definition) is 3. The molecule has 0 saturated carbocycles. The first-order valence-electron chi connectivity index (χ1n) is 6.90. The summed E-state index contributed by atoms with van der Waals surface area (Å²) in [7, 11) is -4.33. The van der Waals surface area contributed by atoms with E-state index in [2.05, 4.69) is 9.97 Å². The Morgan fingerprint density at radius 2 is 1.75 bits per heavy atom. The summed E-state index contributed by atoms with van der Waals surface area (Å²) in [6.07, 6.45) is 0. The van der Waals surface area contributed by atoms with Gasteiger partial charge in [0.25, 0.3) is 10.1 Å². The Labute approximate surface area is 135 Å². The Morgan fingerprint density at radius 3 is 2.50 bits per heavy atom. The lowest BCUT2D eigenvalue weighted by Crippen LogP contribution is -1.99. The molecule has 120 valence electrons. The molecule has 0 amide bonds. The average Bonchev–Trinajstić information content (AvgIpc) is 2.52. The number of rotatable bonds is 1. The molecule has 0 aliphatic carbocycles. The van der Waals surface area contributed by atoms with Crippen molar-refractivity contribution in [3.63, 3.8) is 0 Å². The molecule has 1 aromatic heterocycles. The van der Waals surface area contributed by atoms with E-state index in [4.69, 9.17) is 4.55 Å². The number of phenolic OH excluding ortho intramolecular Hbond substituents is 1. The van der Waals surface area contributed by atoms with Gasteiger partial charge in [-0.25, -0.2) is 4.98 Å². The molecule has 3 aromatic carbocycles. The molecule has 0 aliphatic rings. The van der Waals surface area contributed by atoms with Gasteiger partial charge in [-0.2, -0.15) is 8.42 Å². The van der Waals surface area contributed by atoms with Crippen molar-refractivity contribution in [2.45, 2.75) is 4.90 Å². The standard InChI is InChI=1S/C16H10N2O5S/c19-8-1-3-10-11(5-8)16-14(7-15(10)20)17-13-6-9(24(21,22)23)2-4-12(13)18-16/h1-7,17,20H,(H,21,22,23). The molecule has 0 bridgehead atoms. The van der Waals surface area contributed by atoms with E-state index < -0.39 is 10.1 Å². The molecule has 3 N–H and O–H groups in total. The lowest BCUT2D eigenvalue weighted by molar-refractivity contribution is 0.481. The number of nitrogens with one attached hydrogen (secondary N) is 1. The first-order valence-corrected chi connectivity index (χ1v) is 8.34. The fourth-order valence-corrected chi connectivity index (χ4v) is 3.23. The van der Waals surface area contributed by atoms with E-state index in [-0.39, 0.29) is 16.1 Å². The Bertz CT molecular complexity index is 1310. The van der Waals surface area contributed by atoms with E-state index >= 15 is 0 Å². The highest BCUT2D eigenvalue weighted by atomic mass is 32.2. The zero-order valence-corrected chi connectivity index (χ0v) is 12.8. The Balaban J connectivity index is 2.16. The van der Waals surface area contributed by atoms with Crippen molar-refractivity contribution in [1.82, 2.24) is 9.97 Å². The number of aromatic hydroxyl groups is 1. The SMILES string of the molecule is O=c1ccc2c(O)cc3[nH]c4cc(S(=O)(=O)O)ccc4nc3c2c1. The zero-order valence-electron chi connectivity index (χ0n) is 12.0. The molecule has 0 spiro atoms. The third kappa shape index (κ3) is 2.20. The van der Waals surface area contributed by atoms with Crippen molar-refractivity contribution in [2.24, 2.45) is 0 Å². The monoisotopic (exact) mass is 342 g/mol. The molecule has 0 atom stereocenters. The molecule has 4 aromatic rings. The van der Waals surface area contributed by atoms with Gasteiger partial charge in [-0.15, -0.1) is 0 Å². The third-order valence-electron chi connectivity index (χ3n) is 3.83. The van der Waals surface area contributed by atoms with Crippen LogP contribution in [0, 0.1) is 0 Å². The van der Waals surface area contributed by atoms with Crippen molar-refractivity contribution in [3.8, 4) is 5.75 Å². The van der Waals surface area contributed by atoms with E-state index in [1.165, 1.54) is 42.5 Å². The largest absolute Gasteiger partial charge is 0.507 e. The van der Waals surface area contributed by atoms with Crippen LogP contribution in [0.2, 0.25) is 0 Å². The van der Waals surface area contributed by atoms with Crippen LogP contribution in [-0.2, 0) is 10.1 Å². The number of hydrogen-bond acceptors (Lipinski definition) is 5. The van der Waals surface area contributed by atoms with Gasteiger partial charge in [0.1, 0.15) is 5.75 Å². The van der Waals surface area contributed by atoms with Gasteiger partial charge >= 0.3 is 0 Å². The Kier molecular flexibility index (Phi) is 2.90. The smallest absolute Gasteiger partial charge is 0.294 e. The number of nitrogens with zero attached hydrogens (tertiary/aromatic N) is 1. The maximum Gasteiger partial charge on any atom is 0.294 e. The number of benzene rings is 3. The number of aromatic amines is 1. The highest BCUT2D eigenvalue weighted by Gasteiger charge is 2.13. The van der Waals surface area contributed by atoms with Gasteiger partial charge in [-0.3, -0.25) is 9.35 Å². The van der Waals surface area contributed by atoms with Gasteiger partial charge in [0.2, 0.25) is 0 Å². The summed E-state index contributed by atoms with van der Waals surface area (Å²) < 4.78 is 31.6. The fraction of sp³-hybridized carbons (Fsp3) is 0. The summed E-state index contributed by atoms with van der Waals surface area (Å²) in [5, 5.41) is 11.1. The van der Waals surface area contributed by atoms with Gasteiger partial charge < -0.3 is 10.1 Å². The molecule has 0 unspecified atom stereocenters. The van der Waals surface area contributed by atoms with Crippen LogP contribution >= 0.6 is 0 Å². The summed E-state index contributed by atoms with van der Waals surface area (Å²) in [6.45, 7) is 0. The minimum absolute atomic E-state index is 0.0270. The van der Waals surface area contributed by atoms with Crippen LogP contribution in [-0.4, -0.2) is 28.0 Å². The van der Waals surface area contributed by atoms with Gasteiger partial charge in [0.15, 0.2) is 5.43 Å². The van der Waals surface area contributed by atoms with Crippen LogP contribution in [0.3, 0.4) is 0 Å². The van der Waals surface area contributed by atoms with E-state index in [0.717, 1.165) is 0 Å². The number of aromatic nitrogens is 2. The molecule has 8 heteroatoms. The summed E-state index contributed by atoms with van der Waals surface area (Å²) >= 11 is 0. The molecule has 0 saturated heterocycles. The second-order valence-electron chi connectivity index (χ2n) is 5.39. The summed E-state index contributed by atoms with van der Waals surface area (Å²) in [5.74, 6) is -0.0270. The van der Waals surface area contributed by atoms with Gasteiger partial charge in [0.05, 0.1) is 27.0 Å². The predicted octanol–water partition coefficient (Wildman–Crippen LogP) is 2.18. The van der Waals surface area contributed by atoms with E-state index in [9.17, 15) is 18.3 Å². The topological polar surface area (TPSA) is 120 Å². The first kappa shape index (κ1) is 14.6. The molecule has 4 rings (SSSR count). The molecule has 24 heavy (non-hydrogen) atoms. The maximum atomic E-state index is 11.6. The fourth-order valence-electron chi connectivity index (χ4n) is 2.73. The van der Waals surface area contributed by atoms with E-state index in [0.29, 0.717) is 32.8 Å². The minimum atomic E-state index is -4.33. The van der Waals surface area contributed by atoms with Crippen LogP contribution in [0.4, 0.5) is 0 Å². The third-order valence-corrected chi connectivity index (χ3v) is 4.68. The number of fused-ring (bicyclic) bond motifs is 4. The van der Waals surface area contributed by atoms with Crippen LogP contribution in [0.5, 0.6) is 5.75 Å². The minimum Gasteiger partial charge on any atom is -0.507 e. The summed E-state index contributed by atoms with van der Waals surface area (Å²) in [6, 6.07) is 9.67. The van der Waals surface area contributed by atoms with Crippen LogP contribution < -0.4 is 5.43 Å². The molecule has 1 heterocycles. The van der Waals surface area contributed by atoms with Crippen LogP contribution in [0.1, 0.15) is 0 Å². The maximum absolute atomic E-state index is 11.6. The summed E-state index contributed by atoms with van der Waals surface area (Å²) in [4.78, 5) is 18.8.